The number of hydrogen-bond donors (Lipinski definition) is 1. The van der Waals surface area contributed by atoms with Crippen molar-refractivity contribution < 1.29 is 17.9 Å². The summed E-state index contributed by atoms with van der Waals surface area (Å²) in [6, 6.07) is 4.90. The molecule has 0 bridgehead atoms. The Balaban J connectivity index is 2.10. The quantitative estimate of drug-likeness (QED) is 0.679. The second-order valence-electron chi connectivity index (χ2n) is 6.29. The summed E-state index contributed by atoms with van der Waals surface area (Å²) in [6.45, 7) is 3.90. The van der Waals surface area contributed by atoms with Crippen molar-refractivity contribution in [2.24, 2.45) is 0 Å². The highest BCUT2D eigenvalue weighted by molar-refractivity contribution is 7.89. The van der Waals surface area contributed by atoms with Crippen LogP contribution in [-0.4, -0.2) is 45.4 Å². The van der Waals surface area contributed by atoms with Gasteiger partial charge in [0.1, 0.15) is 5.75 Å². The Morgan fingerprint density at radius 1 is 1.28 bits per heavy atom. The van der Waals surface area contributed by atoms with Crippen molar-refractivity contribution in [2.45, 2.75) is 50.3 Å². The Kier molecular flexibility index (Phi) is 7.25. The van der Waals surface area contributed by atoms with Gasteiger partial charge in [0.15, 0.2) is 0 Å². The number of methoxy groups -OCH3 is 1. The number of sulfonamides is 1. The zero-order valence-electron chi connectivity index (χ0n) is 15.1. The lowest BCUT2D eigenvalue weighted by atomic mass is 10.1. The highest BCUT2D eigenvalue weighted by Crippen LogP contribution is 2.27. The molecule has 1 aliphatic rings. The maximum absolute atomic E-state index is 12.7. The summed E-state index contributed by atoms with van der Waals surface area (Å²) in [5.74, 6) is 0.588. The minimum atomic E-state index is -3.47. The number of unbranched alkanes of at least 4 members (excludes halogenated alkanes) is 1. The van der Waals surface area contributed by atoms with Crippen molar-refractivity contribution in [3.8, 4) is 5.75 Å². The molecule has 1 heterocycles. The summed E-state index contributed by atoms with van der Waals surface area (Å²) in [6.07, 6.45) is 4.56. The fourth-order valence-corrected chi connectivity index (χ4v) is 4.50. The predicted octanol–water partition coefficient (Wildman–Crippen LogP) is 2.33. The van der Waals surface area contributed by atoms with Crippen LogP contribution in [-0.2, 0) is 21.2 Å². The van der Waals surface area contributed by atoms with Gasteiger partial charge in [0.25, 0.3) is 0 Å². The van der Waals surface area contributed by atoms with Crippen molar-refractivity contribution in [2.75, 3.05) is 26.7 Å². The average molecular weight is 368 g/mol. The van der Waals surface area contributed by atoms with Crippen LogP contribution in [0.3, 0.4) is 0 Å². The molecule has 0 saturated carbocycles. The summed E-state index contributed by atoms with van der Waals surface area (Å²) in [5.41, 5.74) is 0.744. The van der Waals surface area contributed by atoms with Crippen LogP contribution in [0.1, 0.15) is 44.6 Å². The minimum Gasteiger partial charge on any atom is -0.496 e. The van der Waals surface area contributed by atoms with Gasteiger partial charge in [-0.3, -0.25) is 4.79 Å². The van der Waals surface area contributed by atoms with Crippen molar-refractivity contribution >= 4 is 15.9 Å². The Morgan fingerprint density at radius 2 is 2.00 bits per heavy atom. The summed E-state index contributed by atoms with van der Waals surface area (Å²) in [4.78, 5) is 12.2. The number of amides is 1. The summed E-state index contributed by atoms with van der Waals surface area (Å²) in [7, 11) is -1.91. The van der Waals surface area contributed by atoms with Crippen LogP contribution in [0.25, 0.3) is 0 Å². The molecule has 7 heteroatoms. The molecular formula is C18H28N2O4S. The van der Waals surface area contributed by atoms with Gasteiger partial charge < -0.3 is 10.1 Å². The van der Waals surface area contributed by atoms with Gasteiger partial charge in [-0.25, -0.2) is 8.42 Å². The topological polar surface area (TPSA) is 75.7 Å². The van der Waals surface area contributed by atoms with Crippen molar-refractivity contribution in [3.05, 3.63) is 23.8 Å². The molecule has 1 amide bonds. The third kappa shape index (κ3) is 5.19. The molecule has 2 rings (SSSR count). The van der Waals surface area contributed by atoms with Crippen molar-refractivity contribution in [3.63, 3.8) is 0 Å². The first-order valence-corrected chi connectivity index (χ1v) is 10.4. The number of carbonyl (C=O) groups is 1. The fourth-order valence-electron chi connectivity index (χ4n) is 2.93. The van der Waals surface area contributed by atoms with E-state index in [9.17, 15) is 13.2 Å². The van der Waals surface area contributed by atoms with E-state index in [0.29, 0.717) is 38.2 Å². The van der Waals surface area contributed by atoms with Crippen molar-refractivity contribution in [1.29, 1.82) is 0 Å². The van der Waals surface area contributed by atoms with Gasteiger partial charge >= 0.3 is 0 Å². The molecule has 0 aromatic heterocycles. The maximum Gasteiger partial charge on any atom is 0.243 e. The number of nitrogens with zero attached hydrogens (tertiary/aromatic N) is 1. The monoisotopic (exact) mass is 368 g/mol. The van der Waals surface area contributed by atoms with Crippen molar-refractivity contribution in [1.82, 2.24) is 9.62 Å². The van der Waals surface area contributed by atoms with E-state index >= 15 is 0 Å². The number of nitrogens with one attached hydrogen (secondary N) is 1. The molecule has 0 radical (unpaired) electrons. The second kappa shape index (κ2) is 9.20. The number of aryl methyl sites for hydroxylation is 1. The molecule has 1 saturated heterocycles. The van der Waals surface area contributed by atoms with E-state index in [1.807, 2.05) is 0 Å². The summed E-state index contributed by atoms with van der Waals surface area (Å²) >= 11 is 0. The van der Waals surface area contributed by atoms with Crippen LogP contribution in [0.5, 0.6) is 5.75 Å². The largest absolute Gasteiger partial charge is 0.496 e. The molecule has 1 aromatic carbocycles. The van der Waals surface area contributed by atoms with Gasteiger partial charge in [0.2, 0.25) is 15.9 Å². The number of hydrogen-bond acceptors (Lipinski definition) is 4. The molecule has 25 heavy (non-hydrogen) atoms. The average Bonchev–Trinajstić information content (AvgIpc) is 3.15. The van der Waals surface area contributed by atoms with Gasteiger partial charge in [0, 0.05) is 26.1 Å². The second-order valence-corrected chi connectivity index (χ2v) is 8.23. The highest BCUT2D eigenvalue weighted by atomic mass is 32.2. The molecule has 0 aliphatic carbocycles. The van der Waals surface area contributed by atoms with Crippen LogP contribution in [0.2, 0.25) is 0 Å². The van der Waals surface area contributed by atoms with E-state index in [2.05, 4.69) is 12.2 Å². The third-order valence-corrected chi connectivity index (χ3v) is 6.32. The molecule has 1 aromatic rings. The van der Waals surface area contributed by atoms with E-state index in [0.717, 1.165) is 31.2 Å². The van der Waals surface area contributed by atoms with Gasteiger partial charge in [-0.2, -0.15) is 4.31 Å². The van der Waals surface area contributed by atoms with E-state index < -0.39 is 10.0 Å². The van der Waals surface area contributed by atoms with E-state index in [1.165, 1.54) is 4.31 Å². The molecule has 1 aliphatic heterocycles. The van der Waals surface area contributed by atoms with Gasteiger partial charge in [-0.15, -0.1) is 0 Å². The SMILES string of the molecule is CCCCNC(=O)CCc1cc(S(=O)(=O)N2CCCC2)ccc1OC. The molecule has 6 nitrogen and oxygen atoms in total. The Morgan fingerprint density at radius 3 is 2.64 bits per heavy atom. The Hall–Kier alpha value is -1.60. The first kappa shape index (κ1) is 19.7. The normalized spacial score (nSPS) is 15.3. The maximum atomic E-state index is 12.7. The number of carbonyl (C=O) groups excluding carboxylic acids is 1. The minimum absolute atomic E-state index is 0.0247. The number of rotatable bonds is 9. The standard InChI is InChI=1S/C18H28N2O4S/c1-3-4-11-19-18(21)10-7-15-14-16(8-9-17(15)24-2)25(22,23)20-12-5-6-13-20/h8-9,14H,3-7,10-13H2,1-2H3,(H,19,21). The van der Waals surface area contributed by atoms with Crippen LogP contribution in [0.15, 0.2) is 23.1 Å². The molecule has 140 valence electrons. The lowest BCUT2D eigenvalue weighted by molar-refractivity contribution is -0.121. The van der Waals surface area contributed by atoms with Gasteiger partial charge in [-0.05, 0) is 49.4 Å². The molecule has 1 N–H and O–H groups in total. The molecule has 0 atom stereocenters. The van der Waals surface area contributed by atoms with Crippen LogP contribution >= 0.6 is 0 Å². The fraction of sp³-hybridized carbons (Fsp3) is 0.611. The lowest BCUT2D eigenvalue weighted by Gasteiger charge is -2.17. The van der Waals surface area contributed by atoms with Crippen LogP contribution in [0, 0.1) is 0 Å². The highest BCUT2D eigenvalue weighted by Gasteiger charge is 2.27. The third-order valence-electron chi connectivity index (χ3n) is 4.43. The van der Waals surface area contributed by atoms with E-state index in [4.69, 9.17) is 4.74 Å². The lowest BCUT2D eigenvalue weighted by Crippen LogP contribution is -2.28. The van der Waals surface area contributed by atoms with Gasteiger partial charge in [-0.1, -0.05) is 13.3 Å². The smallest absolute Gasteiger partial charge is 0.243 e. The first-order valence-electron chi connectivity index (χ1n) is 8.92. The zero-order chi connectivity index (χ0) is 18.3. The molecular weight excluding hydrogens is 340 g/mol. The Labute approximate surface area is 150 Å². The molecule has 1 fully saturated rings. The first-order chi connectivity index (χ1) is 12.0. The predicted molar refractivity (Wildman–Crippen MR) is 97.2 cm³/mol. The van der Waals surface area contributed by atoms with Gasteiger partial charge in [0.05, 0.1) is 12.0 Å². The van der Waals surface area contributed by atoms with E-state index in [1.54, 1.807) is 25.3 Å². The summed E-state index contributed by atoms with van der Waals surface area (Å²) in [5, 5.41) is 2.87. The number of benzene rings is 1. The number of ether oxygens (including phenoxy) is 1. The van der Waals surface area contributed by atoms with Crippen LogP contribution < -0.4 is 10.1 Å². The summed E-state index contributed by atoms with van der Waals surface area (Å²) < 4.78 is 32.3. The molecule has 0 spiro atoms. The Bertz CT molecular complexity index is 682. The zero-order valence-corrected chi connectivity index (χ0v) is 15.9. The van der Waals surface area contributed by atoms with Crippen LogP contribution in [0.4, 0.5) is 0 Å². The molecule has 0 unspecified atom stereocenters. The van der Waals surface area contributed by atoms with E-state index in [-0.39, 0.29) is 10.8 Å².